The monoisotopic (exact) mass is 380 g/mol. The van der Waals surface area contributed by atoms with Crippen molar-refractivity contribution in [2.75, 3.05) is 31.5 Å². The van der Waals surface area contributed by atoms with Gasteiger partial charge in [-0.1, -0.05) is 0 Å². The minimum atomic E-state index is -0.486. The van der Waals surface area contributed by atoms with Gasteiger partial charge in [0.2, 0.25) is 5.91 Å². The van der Waals surface area contributed by atoms with E-state index in [4.69, 9.17) is 4.74 Å². The second kappa shape index (κ2) is 8.80. The van der Waals surface area contributed by atoms with Crippen molar-refractivity contribution >= 4 is 17.5 Å². The first kappa shape index (κ1) is 21.3. The molecular formula is C20H31FN3O3+. The quantitative estimate of drug-likeness (QED) is 0.804. The minimum absolute atomic E-state index is 0.0470. The number of carbonyl (C=O) groups excluding carboxylic acids is 2. The number of halogens is 1. The van der Waals surface area contributed by atoms with Crippen LogP contribution in [0.1, 0.15) is 34.6 Å². The van der Waals surface area contributed by atoms with E-state index >= 15 is 0 Å². The van der Waals surface area contributed by atoms with Crippen LogP contribution in [0.15, 0.2) is 24.3 Å². The van der Waals surface area contributed by atoms with E-state index in [1.165, 1.54) is 29.2 Å². The zero-order valence-corrected chi connectivity index (χ0v) is 16.8. The lowest BCUT2D eigenvalue weighted by Gasteiger charge is -2.37. The molecule has 150 valence electrons. The number of nitrogens with one attached hydrogen (secondary N) is 2. The number of quaternary nitrogens is 1. The average Bonchev–Trinajstić information content (AvgIpc) is 2.52. The molecule has 0 spiro atoms. The molecule has 0 saturated carbocycles. The van der Waals surface area contributed by atoms with Gasteiger partial charge in [0.25, 0.3) is 5.91 Å². The Labute approximate surface area is 160 Å². The molecule has 0 aliphatic carbocycles. The second-order valence-corrected chi connectivity index (χ2v) is 8.30. The van der Waals surface area contributed by atoms with E-state index in [1.54, 1.807) is 4.90 Å². The summed E-state index contributed by atoms with van der Waals surface area (Å²) in [6, 6.07) is 5.56. The molecule has 1 aliphatic rings. The van der Waals surface area contributed by atoms with Crippen LogP contribution in [-0.4, -0.2) is 60.6 Å². The summed E-state index contributed by atoms with van der Waals surface area (Å²) in [5.74, 6) is -0.729. The van der Waals surface area contributed by atoms with Gasteiger partial charge in [-0.3, -0.25) is 9.59 Å². The molecule has 6 nitrogen and oxygen atoms in total. The lowest BCUT2D eigenvalue weighted by atomic mass is 10.1. The molecule has 1 aromatic carbocycles. The molecule has 1 heterocycles. The number of nitrogens with zero attached hydrogens (tertiary/aromatic N) is 1. The Hall–Kier alpha value is -1.99. The number of morpholine rings is 1. The summed E-state index contributed by atoms with van der Waals surface area (Å²) in [5, 5.41) is 2.72. The van der Waals surface area contributed by atoms with Crippen molar-refractivity contribution in [2.24, 2.45) is 0 Å². The number of carbonyl (C=O) groups is 2. The Balaban J connectivity index is 2.00. The van der Waals surface area contributed by atoms with Crippen molar-refractivity contribution in [1.29, 1.82) is 0 Å². The maximum atomic E-state index is 13.0. The predicted octanol–water partition coefficient (Wildman–Crippen LogP) is 1.08. The smallest absolute Gasteiger partial charge is 0.278 e. The molecule has 1 saturated heterocycles. The van der Waals surface area contributed by atoms with Gasteiger partial charge >= 0.3 is 0 Å². The van der Waals surface area contributed by atoms with E-state index in [-0.39, 0.29) is 36.4 Å². The summed E-state index contributed by atoms with van der Waals surface area (Å²) >= 11 is 0. The third-order valence-corrected chi connectivity index (χ3v) is 4.56. The van der Waals surface area contributed by atoms with Crippen LogP contribution in [0.3, 0.4) is 0 Å². The summed E-state index contributed by atoms with van der Waals surface area (Å²) in [7, 11) is 0. The molecule has 0 bridgehead atoms. The van der Waals surface area contributed by atoms with Crippen LogP contribution in [0.25, 0.3) is 0 Å². The molecule has 2 atom stereocenters. The highest BCUT2D eigenvalue weighted by Crippen LogP contribution is 2.14. The number of amides is 2. The fourth-order valence-corrected chi connectivity index (χ4v) is 3.42. The zero-order valence-electron chi connectivity index (χ0n) is 16.8. The van der Waals surface area contributed by atoms with E-state index in [9.17, 15) is 14.0 Å². The summed E-state index contributed by atoms with van der Waals surface area (Å²) in [6.45, 7) is 11.6. The van der Waals surface area contributed by atoms with Gasteiger partial charge in [0.15, 0.2) is 6.54 Å². The highest BCUT2D eigenvalue weighted by atomic mass is 19.1. The van der Waals surface area contributed by atoms with Gasteiger partial charge in [0.1, 0.15) is 37.7 Å². The van der Waals surface area contributed by atoms with Gasteiger partial charge in [-0.2, -0.15) is 0 Å². The van der Waals surface area contributed by atoms with E-state index in [2.05, 4.69) is 5.32 Å². The average molecular weight is 380 g/mol. The molecule has 1 fully saturated rings. The van der Waals surface area contributed by atoms with Gasteiger partial charge in [-0.15, -0.1) is 0 Å². The van der Waals surface area contributed by atoms with Crippen molar-refractivity contribution in [3.8, 4) is 0 Å². The lowest BCUT2D eigenvalue weighted by molar-refractivity contribution is -0.907. The molecule has 2 rings (SSSR count). The van der Waals surface area contributed by atoms with Crippen molar-refractivity contribution in [3.05, 3.63) is 30.1 Å². The number of hydrogen-bond acceptors (Lipinski definition) is 3. The van der Waals surface area contributed by atoms with Crippen LogP contribution in [0.2, 0.25) is 0 Å². The summed E-state index contributed by atoms with van der Waals surface area (Å²) in [6.07, 6.45) is 0.225. The topological polar surface area (TPSA) is 63.1 Å². The fourth-order valence-electron chi connectivity index (χ4n) is 3.42. The number of ether oxygens (including phenoxy) is 1. The molecular weight excluding hydrogens is 349 g/mol. The third-order valence-electron chi connectivity index (χ3n) is 4.56. The van der Waals surface area contributed by atoms with Crippen molar-refractivity contribution in [3.63, 3.8) is 0 Å². The second-order valence-electron chi connectivity index (χ2n) is 8.30. The molecule has 0 aromatic heterocycles. The van der Waals surface area contributed by atoms with Crippen LogP contribution in [0.4, 0.5) is 10.1 Å². The Morgan fingerprint density at radius 3 is 2.26 bits per heavy atom. The fraction of sp³-hybridized carbons (Fsp3) is 0.600. The Morgan fingerprint density at radius 1 is 1.19 bits per heavy atom. The first-order valence-corrected chi connectivity index (χ1v) is 9.39. The zero-order chi connectivity index (χ0) is 20.2. The molecule has 1 aromatic rings. The van der Waals surface area contributed by atoms with Gasteiger partial charge in [-0.05, 0) is 58.9 Å². The Morgan fingerprint density at radius 2 is 1.74 bits per heavy atom. The highest BCUT2D eigenvalue weighted by molar-refractivity contribution is 5.94. The highest BCUT2D eigenvalue weighted by Gasteiger charge is 2.33. The Kier molecular flexibility index (Phi) is 6.95. The Bertz CT molecular complexity index is 647. The molecule has 2 N–H and O–H groups in total. The number of anilines is 1. The van der Waals surface area contributed by atoms with Gasteiger partial charge < -0.3 is 19.9 Å². The molecule has 27 heavy (non-hydrogen) atoms. The number of hydrogen-bond donors (Lipinski definition) is 2. The lowest BCUT2D eigenvalue weighted by Crippen LogP contribution is -3.16. The van der Waals surface area contributed by atoms with Gasteiger partial charge in [-0.25, -0.2) is 4.39 Å². The van der Waals surface area contributed by atoms with Crippen LogP contribution >= 0.6 is 0 Å². The van der Waals surface area contributed by atoms with Crippen LogP contribution in [0.5, 0.6) is 0 Å². The molecule has 1 aliphatic heterocycles. The van der Waals surface area contributed by atoms with E-state index in [1.807, 2.05) is 34.6 Å². The summed E-state index contributed by atoms with van der Waals surface area (Å²) in [5.41, 5.74) is 0.0179. The third kappa shape index (κ3) is 6.59. The van der Waals surface area contributed by atoms with E-state index < -0.39 is 5.54 Å². The van der Waals surface area contributed by atoms with E-state index in [0.717, 1.165) is 13.1 Å². The maximum absolute atomic E-state index is 13.0. The molecule has 2 amide bonds. The van der Waals surface area contributed by atoms with E-state index in [0.29, 0.717) is 12.2 Å². The van der Waals surface area contributed by atoms with Crippen LogP contribution < -0.4 is 10.2 Å². The summed E-state index contributed by atoms with van der Waals surface area (Å²) < 4.78 is 18.7. The minimum Gasteiger partial charge on any atom is -0.364 e. The number of rotatable bonds is 5. The van der Waals surface area contributed by atoms with Gasteiger partial charge in [0.05, 0.1) is 0 Å². The molecule has 0 radical (unpaired) electrons. The molecule has 0 unspecified atom stereocenters. The molecule has 7 heteroatoms. The van der Waals surface area contributed by atoms with Crippen molar-refractivity contribution < 1.29 is 23.6 Å². The first-order chi connectivity index (χ1) is 12.5. The van der Waals surface area contributed by atoms with Crippen LogP contribution in [0, 0.1) is 5.82 Å². The van der Waals surface area contributed by atoms with Crippen molar-refractivity contribution in [2.45, 2.75) is 52.4 Å². The SMILES string of the molecule is C[C@H]1C[NH+](CC(=O)N(CC(=O)Nc2ccc(F)cc2)C(C)(C)C)C[C@H](C)O1. The number of benzene rings is 1. The predicted molar refractivity (Wildman–Crippen MR) is 102 cm³/mol. The first-order valence-electron chi connectivity index (χ1n) is 9.39. The largest absolute Gasteiger partial charge is 0.364 e. The maximum Gasteiger partial charge on any atom is 0.278 e. The van der Waals surface area contributed by atoms with Crippen LogP contribution in [-0.2, 0) is 14.3 Å². The summed E-state index contributed by atoms with van der Waals surface area (Å²) in [4.78, 5) is 28.1. The van der Waals surface area contributed by atoms with Crippen molar-refractivity contribution in [1.82, 2.24) is 4.90 Å². The standard InChI is InChI=1S/C20H30FN3O3/c1-14-10-23(11-15(2)27-14)13-19(26)24(20(3,4)5)12-18(25)22-17-8-6-16(21)7-9-17/h6-9,14-15H,10-13H2,1-5H3,(H,22,25)/p+1/t14-,15-/m0/s1. The van der Waals surface area contributed by atoms with Gasteiger partial charge in [0, 0.05) is 11.2 Å². The normalized spacial score (nSPS) is 23.0.